The van der Waals surface area contributed by atoms with Crippen molar-refractivity contribution in [1.82, 2.24) is 4.90 Å². The Labute approximate surface area is 115 Å². The lowest BCUT2D eigenvalue weighted by molar-refractivity contribution is -0.157. The summed E-state index contributed by atoms with van der Waals surface area (Å²) in [5.41, 5.74) is 0. The van der Waals surface area contributed by atoms with Gasteiger partial charge in [0.15, 0.2) is 18.4 Å². The molecule has 0 radical (unpaired) electrons. The van der Waals surface area contributed by atoms with E-state index in [1.54, 1.807) is 0 Å². The average molecular weight is 391 g/mol. The molecule has 0 spiro atoms. The Hall–Kier alpha value is -0.150. The number of carboxylic acids is 1. The summed E-state index contributed by atoms with van der Waals surface area (Å²) < 4.78 is 21.6. The molecule has 2 unspecified atom stereocenters. The maximum absolute atomic E-state index is 12.2. The number of alkyl halides is 2. The van der Waals surface area contributed by atoms with E-state index in [-0.39, 0.29) is 0 Å². The van der Waals surface area contributed by atoms with Gasteiger partial charge in [0, 0.05) is 0 Å². The van der Waals surface area contributed by atoms with E-state index in [2.05, 4.69) is 31.9 Å². The predicted molar refractivity (Wildman–Crippen MR) is 65.6 cm³/mol. The van der Waals surface area contributed by atoms with Crippen LogP contribution in [0.4, 0.5) is 0 Å². The zero-order chi connectivity index (χ0) is 13.4. The highest BCUT2D eigenvalue weighted by Crippen LogP contribution is 2.56. The van der Waals surface area contributed by atoms with Crippen LogP contribution in [0.25, 0.3) is 0 Å². The highest BCUT2D eigenvalue weighted by Gasteiger charge is 2.77. The van der Waals surface area contributed by atoms with Gasteiger partial charge in [0.2, 0.25) is 0 Å². The molecule has 2 fully saturated rings. The van der Waals surface area contributed by atoms with Gasteiger partial charge >= 0.3 is 5.97 Å². The number of hydrogen-bond donors (Lipinski definition) is 1. The highest BCUT2D eigenvalue weighted by atomic mass is 79.9. The Morgan fingerprint density at radius 3 is 2.29 bits per heavy atom. The van der Waals surface area contributed by atoms with E-state index < -0.39 is 41.1 Å². The molecule has 0 aromatic rings. The largest absolute Gasteiger partial charge is 0.480 e. The quantitative estimate of drug-likeness (QED) is 0.513. The third-order valence-corrected chi connectivity index (χ3v) is 8.29. The van der Waals surface area contributed by atoms with Crippen molar-refractivity contribution in [3.8, 4) is 0 Å². The topological polar surface area (TPSA) is 91.8 Å². The van der Waals surface area contributed by atoms with Gasteiger partial charge in [-0.3, -0.25) is 4.79 Å². The molecule has 96 valence electrons. The zero-order valence-electron chi connectivity index (χ0n) is 8.85. The van der Waals surface area contributed by atoms with Gasteiger partial charge in [0.25, 0.3) is 5.91 Å². The summed E-state index contributed by atoms with van der Waals surface area (Å²) in [7, 11) is -3.77. The summed E-state index contributed by atoms with van der Waals surface area (Å²) in [5, 5.41) is 7.92. The van der Waals surface area contributed by atoms with Gasteiger partial charge in [-0.2, -0.15) is 0 Å². The van der Waals surface area contributed by atoms with Crippen molar-refractivity contribution in [3.05, 3.63) is 0 Å². The van der Waals surface area contributed by atoms with Crippen molar-refractivity contribution in [2.45, 2.75) is 33.2 Å². The molecule has 0 aromatic heterocycles. The number of fused-ring (bicyclic) bond motifs is 1. The van der Waals surface area contributed by atoms with Crippen LogP contribution in [0.5, 0.6) is 0 Å². The minimum absolute atomic E-state index is 0.580. The standard InChI is InChI=1S/C8H9Br2NO5S/c1-7(2)3(4(12)13)11-5(14)8(9,10)6(11)17(7,15)16/h3,6H,1-2H3,(H,12,13). The molecule has 2 aliphatic rings. The molecule has 0 aliphatic carbocycles. The number of carbonyl (C=O) groups is 2. The fourth-order valence-corrected chi connectivity index (χ4v) is 6.72. The number of nitrogens with zero attached hydrogens (tertiary/aromatic N) is 1. The van der Waals surface area contributed by atoms with Crippen molar-refractivity contribution >= 4 is 53.6 Å². The van der Waals surface area contributed by atoms with Gasteiger partial charge in [-0.1, -0.05) is 31.9 Å². The first kappa shape index (κ1) is 13.3. The fourth-order valence-electron chi connectivity index (χ4n) is 2.28. The number of halogens is 2. The Kier molecular flexibility index (Phi) is 2.53. The second-order valence-electron chi connectivity index (χ2n) is 4.58. The summed E-state index contributed by atoms with van der Waals surface area (Å²) in [6.45, 7) is 2.64. The van der Waals surface area contributed by atoms with Gasteiger partial charge in [0.05, 0.1) is 0 Å². The van der Waals surface area contributed by atoms with Crippen LogP contribution in [-0.4, -0.2) is 49.7 Å². The number of rotatable bonds is 1. The van der Waals surface area contributed by atoms with Crippen molar-refractivity contribution in [2.24, 2.45) is 0 Å². The molecule has 1 amide bonds. The van der Waals surface area contributed by atoms with E-state index >= 15 is 0 Å². The van der Waals surface area contributed by atoms with E-state index in [1.165, 1.54) is 13.8 Å². The molecule has 2 saturated heterocycles. The van der Waals surface area contributed by atoms with Gasteiger partial charge in [0.1, 0.15) is 10.8 Å². The van der Waals surface area contributed by atoms with Crippen LogP contribution in [0.3, 0.4) is 0 Å². The third-order valence-electron chi connectivity index (χ3n) is 3.28. The van der Waals surface area contributed by atoms with Crippen molar-refractivity contribution in [2.75, 3.05) is 0 Å². The molecule has 2 heterocycles. The fraction of sp³-hybridized carbons (Fsp3) is 0.750. The number of amides is 1. The Balaban J connectivity index is 2.65. The lowest BCUT2D eigenvalue weighted by atomic mass is 9.98. The van der Waals surface area contributed by atoms with E-state index in [9.17, 15) is 18.0 Å². The predicted octanol–water partition coefficient (Wildman–Crippen LogP) is 0.301. The lowest BCUT2D eigenvalue weighted by Gasteiger charge is -2.45. The van der Waals surface area contributed by atoms with E-state index in [0.29, 0.717) is 0 Å². The first-order valence-electron chi connectivity index (χ1n) is 4.64. The van der Waals surface area contributed by atoms with Crippen molar-refractivity contribution in [3.63, 3.8) is 0 Å². The van der Waals surface area contributed by atoms with Crippen LogP contribution < -0.4 is 0 Å². The van der Waals surface area contributed by atoms with Crippen LogP contribution >= 0.6 is 31.9 Å². The number of aliphatic carboxylic acids is 1. The Bertz CT molecular complexity index is 526. The van der Waals surface area contributed by atoms with Crippen LogP contribution in [-0.2, 0) is 19.4 Å². The molecule has 6 nitrogen and oxygen atoms in total. The molecule has 9 heteroatoms. The number of carbonyl (C=O) groups excluding carboxylic acids is 1. The first-order valence-corrected chi connectivity index (χ1v) is 7.77. The van der Waals surface area contributed by atoms with Gasteiger partial charge in [-0.15, -0.1) is 0 Å². The summed E-state index contributed by atoms with van der Waals surface area (Å²) in [4.78, 5) is 23.8. The SMILES string of the molecule is CC1(C)C(C(=O)O)N2C(=O)C(Br)(Br)C2S1(=O)=O. The molecule has 0 aromatic carbocycles. The number of hydrogen-bond acceptors (Lipinski definition) is 4. The van der Waals surface area contributed by atoms with Gasteiger partial charge < -0.3 is 10.0 Å². The van der Waals surface area contributed by atoms with Crippen molar-refractivity contribution in [1.29, 1.82) is 0 Å². The Morgan fingerprint density at radius 1 is 1.41 bits per heavy atom. The smallest absolute Gasteiger partial charge is 0.328 e. The van der Waals surface area contributed by atoms with Crippen LogP contribution in [0, 0.1) is 0 Å². The minimum Gasteiger partial charge on any atom is -0.480 e. The third kappa shape index (κ3) is 1.27. The number of sulfone groups is 1. The van der Waals surface area contributed by atoms with Crippen molar-refractivity contribution < 1.29 is 23.1 Å². The van der Waals surface area contributed by atoms with Crippen LogP contribution in [0.2, 0.25) is 0 Å². The highest BCUT2D eigenvalue weighted by molar-refractivity contribution is 9.26. The molecule has 2 rings (SSSR count). The molecule has 2 aliphatic heterocycles. The lowest BCUT2D eigenvalue weighted by Crippen LogP contribution is -2.69. The summed E-state index contributed by atoms with van der Waals surface area (Å²) >= 11 is 5.99. The maximum atomic E-state index is 12.2. The minimum atomic E-state index is -3.77. The number of carboxylic acid groups (broad SMARTS) is 1. The molecule has 0 bridgehead atoms. The second-order valence-corrected chi connectivity index (χ2v) is 10.7. The van der Waals surface area contributed by atoms with Gasteiger partial charge in [-0.25, -0.2) is 13.2 Å². The summed E-state index contributed by atoms with van der Waals surface area (Å²) in [6, 6.07) is -1.35. The van der Waals surface area contributed by atoms with Gasteiger partial charge in [-0.05, 0) is 13.8 Å². The summed E-state index contributed by atoms with van der Waals surface area (Å²) in [5.74, 6) is -1.89. The maximum Gasteiger partial charge on any atom is 0.328 e. The average Bonchev–Trinajstić information content (AvgIpc) is 2.29. The van der Waals surface area contributed by atoms with Crippen LogP contribution in [0.1, 0.15) is 13.8 Å². The first-order chi connectivity index (χ1) is 7.47. The molecule has 2 atom stereocenters. The molecular formula is C8H9Br2NO5S. The normalized spacial score (nSPS) is 36.2. The zero-order valence-corrected chi connectivity index (χ0v) is 12.8. The number of β-lactam (4-membered cyclic amide) rings is 1. The molecule has 1 N–H and O–H groups in total. The summed E-state index contributed by atoms with van der Waals surface area (Å²) in [6.07, 6.45) is 0. The molecule has 17 heavy (non-hydrogen) atoms. The second kappa shape index (κ2) is 3.24. The van der Waals surface area contributed by atoms with E-state index in [0.717, 1.165) is 4.90 Å². The molecule has 0 saturated carbocycles. The van der Waals surface area contributed by atoms with E-state index in [4.69, 9.17) is 5.11 Å². The van der Waals surface area contributed by atoms with Crippen LogP contribution in [0.15, 0.2) is 0 Å². The Morgan fingerprint density at radius 2 is 1.88 bits per heavy atom. The monoisotopic (exact) mass is 389 g/mol. The molecular weight excluding hydrogens is 382 g/mol. The van der Waals surface area contributed by atoms with E-state index in [1.807, 2.05) is 0 Å².